The third-order valence-corrected chi connectivity index (χ3v) is 6.20. The minimum Gasteiger partial charge on any atom is -0.460 e. The monoisotopic (exact) mass is 453 g/mol. The molecule has 2 aromatic rings. The average Bonchev–Trinajstić information content (AvgIpc) is 2.73. The number of halogens is 2. The van der Waals surface area contributed by atoms with Gasteiger partial charge in [0, 0.05) is 34.0 Å². The molecule has 0 amide bonds. The van der Waals surface area contributed by atoms with Crippen LogP contribution in [0.15, 0.2) is 71.1 Å². The fraction of sp³-hybridized carbons (Fsp3) is 0.308. The first-order valence-electron chi connectivity index (χ1n) is 10.7. The van der Waals surface area contributed by atoms with Gasteiger partial charge in [-0.1, -0.05) is 41.9 Å². The van der Waals surface area contributed by atoms with Gasteiger partial charge in [-0.25, -0.2) is 9.18 Å². The molecule has 0 unspecified atom stereocenters. The average molecular weight is 454 g/mol. The highest BCUT2D eigenvalue weighted by Gasteiger charge is 2.42. The number of dihydropyridines is 1. The predicted molar refractivity (Wildman–Crippen MR) is 122 cm³/mol. The summed E-state index contributed by atoms with van der Waals surface area (Å²) in [4.78, 5) is 26.5. The maximum Gasteiger partial charge on any atom is 0.337 e. The van der Waals surface area contributed by atoms with Crippen LogP contribution in [0, 0.1) is 5.82 Å². The summed E-state index contributed by atoms with van der Waals surface area (Å²) in [5.74, 6) is -1.94. The van der Waals surface area contributed by atoms with Crippen LogP contribution in [-0.4, -0.2) is 17.9 Å². The minimum absolute atomic E-state index is 0.0238. The SMILES string of the molecule is CC1=C(C(=O)OC(C)C)[C@H](c2ccccc2F)C2=C(C[C@@H](c3ccc(Cl)cc3)CC2=O)N1. The molecule has 2 atom stereocenters. The molecule has 0 fully saturated rings. The highest BCUT2D eigenvalue weighted by Crippen LogP contribution is 2.46. The molecular weight excluding hydrogens is 429 g/mol. The van der Waals surface area contributed by atoms with Crippen LogP contribution in [-0.2, 0) is 14.3 Å². The van der Waals surface area contributed by atoms with Crippen LogP contribution in [0.4, 0.5) is 4.39 Å². The van der Waals surface area contributed by atoms with Crippen LogP contribution in [0.25, 0.3) is 0 Å². The fourth-order valence-corrected chi connectivity index (χ4v) is 4.70. The number of ketones is 1. The molecule has 6 heteroatoms. The van der Waals surface area contributed by atoms with Crippen LogP contribution in [0.3, 0.4) is 0 Å². The predicted octanol–water partition coefficient (Wildman–Crippen LogP) is 5.79. The van der Waals surface area contributed by atoms with E-state index >= 15 is 0 Å². The number of hydrogen-bond acceptors (Lipinski definition) is 4. The number of ether oxygens (including phenoxy) is 1. The van der Waals surface area contributed by atoms with E-state index in [1.807, 2.05) is 24.3 Å². The molecule has 1 heterocycles. The topological polar surface area (TPSA) is 55.4 Å². The van der Waals surface area contributed by atoms with Crippen LogP contribution in [0.5, 0.6) is 0 Å². The summed E-state index contributed by atoms with van der Waals surface area (Å²) in [6.07, 6.45) is 0.520. The molecule has 2 aromatic carbocycles. The molecule has 1 aliphatic carbocycles. The number of benzene rings is 2. The summed E-state index contributed by atoms with van der Waals surface area (Å²) < 4.78 is 20.4. The second kappa shape index (κ2) is 8.91. The normalized spacial score (nSPS) is 20.9. The second-order valence-corrected chi connectivity index (χ2v) is 8.98. The standard InChI is InChI=1S/C26H25ClFNO3/c1-14(2)32-26(31)23-15(3)29-21-12-17(16-8-10-18(27)11-9-16)13-22(30)25(21)24(23)19-6-4-5-7-20(19)28/h4-11,14,17,24,29H,12-13H2,1-3H3/t17-,24+/m1/s1. The molecule has 1 N–H and O–H groups in total. The summed E-state index contributed by atoms with van der Waals surface area (Å²) in [7, 11) is 0. The lowest BCUT2D eigenvalue weighted by Gasteiger charge is -2.37. The zero-order valence-electron chi connectivity index (χ0n) is 18.2. The molecule has 32 heavy (non-hydrogen) atoms. The van der Waals surface area contributed by atoms with E-state index in [9.17, 15) is 14.0 Å². The van der Waals surface area contributed by atoms with E-state index in [1.165, 1.54) is 6.07 Å². The summed E-state index contributed by atoms with van der Waals surface area (Å²) in [6, 6.07) is 13.8. The Balaban J connectivity index is 1.80. The van der Waals surface area contributed by atoms with Crippen molar-refractivity contribution in [1.82, 2.24) is 5.32 Å². The van der Waals surface area contributed by atoms with Gasteiger partial charge in [-0.05, 0) is 56.9 Å². The van der Waals surface area contributed by atoms with Crippen molar-refractivity contribution in [3.63, 3.8) is 0 Å². The Morgan fingerprint density at radius 1 is 1.12 bits per heavy atom. The maximum atomic E-state index is 14.9. The zero-order valence-corrected chi connectivity index (χ0v) is 19.0. The molecule has 0 saturated heterocycles. The van der Waals surface area contributed by atoms with Gasteiger partial charge < -0.3 is 10.1 Å². The third-order valence-electron chi connectivity index (χ3n) is 5.95. The number of carbonyl (C=O) groups is 2. The number of rotatable bonds is 4. The van der Waals surface area contributed by atoms with Gasteiger partial charge >= 0.3 is 5.97 Å². The Kier molecular flexibility index (Phi) is 6.20. The molecular formula is C26H25ClFNO3. The number of hydrogen-bond donors (Lipinski definition) is 1. The lowest BCUT2D eigenvalue weighted by molar-refractivity contribution is -0.143. The smallest absolute Gasteiger partial charge is 0.337 e. The molecule has 0 radical (unpaired) electrons. The molecule has 0 saturated carbocycles. The third kappa shape index (κ3) is 4.22. The van der Waals surface area contributed by atoms with E-state index in [-0.39, 0.29) is 29.8 Å². The van der Waals surface area contributed by atoms with E-state index in [4.69, 9.17) is 16.3 Å². The van der Waals surface area contributed by atoms with E-state index in [1.54, 1.807) is 39.0 Å². The van der Waals surface area contributed by atoms with E-state index in [2.05, 4.69) is 5.32 Å². The number of allylic oxidation sites excluding steroid dienone is 3. The van der Waals surface area contributed by atoms with Gasteiger partial charge in [0.25, 0.3) is 0 Å². The molecule has 1 aliphatic heterocycles. The van der Waals surface area contributed by atoms with Crippen molar-refractivity contribution in [1.29, 1.82) is 0 Å². The summed E-state index contributed by atoms with van der Waals surface area (Å²) in [5, 5.41) is 3.91. The first-order valence-corrected chi connectivity index (χ1v) is 11.1. The van der Waals surface area contributed by atoms with Crippen LogP contribution in [0.2, 0.25) is 5.02 Å². The first kappa shape index (κ1) is 22.3. The lowest BCUT2D eigenvalue weighted by atomic mass is 9.71. The molecule has 0 aromatic heterocycles. The Morgan fingerprint density at radius 3 is 2.47 bits per heavy atom. The Bertz CT molecular complexity index is 1130. The van der Waals surface area contributed by atoms with Crippen LogP contribution in [0.1, 0.15) is 56.6 Å². The molecule has 2 aliphatic rings. The number of Topliss-reactive ketones (excluding diaryl/α,β-unsaturated/α-hetero) is 1. The van der Waals surface area contributed by atoms with E-state index < -0.39 is 17.7 Å². The van der Waals surface area contributed by atoms with Gasteiger partial charge in [0.2, 0.25) is 0 Å². The van der Waals surface area contributed by atoms with Crippen molar-refractivity contribution < 1.29 is 18.7 Å². The van der Waals surface area contributed by atoms with E-state index in [0.29, 0.717) is 28.3 Å². The van der Waals surface area contributed by atoms with E-state index in [0.717, 1.165) is 11.3 Å². The van der Waals surface area contributed by atoms with Gasteiger partial charge in [-0.2, -0.15) is 0 Å². The zero-order chi connectivity index (χ0) is 23.0. The minimum atomic E-state index is -0.808. The van der Waals surface area contributed by atoms with Crippen molar-refractivity contribution in [3.05, 3.63) is 93.0 Å². The van der Waals surface area contributed by atoms with Gasteiger partial charge in [-0.15, -0.1) is 0 Å². The first-order chi connectivity index (χ1) is 15.3. The molecule has 166 valence electrons. The Labute approximate surface area is 192 Å². The summed E-state index contributed by atoms with van der Waals surface area (Å²) >= 11 is 6.02. The Hall–Kier alpha value is -2.92. The fourth-order valence-electron chi connectivity index (χ4n) is 4.58. The van der Waals surface area contributed by atoms with Crippen molar-refractivity contribution in [2.24, 2.45) is 0 Å². The summed E-state index contributed by atoms with van der Waals surface area (Å²) in [6.45, 7) is 5.29. The quantitative estimate of drug-likeness (QED) is 0.595. The second-order valence-electron chi connectivity index (χ2n) is 8.54. The van der Waals surface area contributed by atoms with Gasteiger partial charge in [0.05, 0.1) is 17.6 Å². The highest BCUT2D eigenvalue weighted by atomic mass is 35.5. The number of carbonyl (C=O) groups excluding carboxylic acids is 2. The number of esters is 1. The van der Waals surface area contributed by atoms with Gasteiger partial charge in [0.1, 0.15) is 5.82 Å². The molecule has 4 rings (SSSR count). The van der Waals surface area contributed by atoms with Gasteiger partial charge in [0.15, 0.2) is 5.78 Å². The van der Waals surface area contributed by atoms with Gasteiger partial charge in [-0.3, -0.25) is 4.79 Å². The largest absolute Gasteiger partial charge is 0.460 e. The van der Waals surface area contributed by atoms with Crippen LogP contribution < -0.4 is 5.32 Å². The van der Waals surface area contributed by atoms with Crippen molar-refractivity contribution in [3.8, 4) is 0 Å². The maximum absolute atomic E-state index is 14.9. The number of nitrogens with one attached hydrogen (secondary N) is 1. The van der Waals surface area contributed by atoms with Crippen molar-refractivity contribution in [2.75, 3.05) is 0 Å². The van der Waals surface area contributed by atoms with Crippen LogP contribution >= 0.6 is 11.6 Å². The van der Waals surface area contributed by atoms with Crippen molar-refractivity contribution in [2.45, 2.75) is 51.6 Å². The molecule has 4 nitrogen and oxygen atoms in total. The summed E-state index contributed by atoms with van der Waals surface area (Å²) in [5.41, 5.74) is 3.35. The van der Waals surface area contributed by atoms with Crippen molar-refractivity contribution >= 4 is 23.4 Å². The highest BCUT2D eigenvalue weighted by molar-refractivity contribution is 6.30. The lowest BCUT2D eigenvalue weighted by Crippen LogP contribution is -2.36. The molecule has 0 bridgehead atoms. The Morgan fingerprint density at radius 2 is 1.81 bits per heavy atom. The molecule has 0 spiro atoms.